The van der Waals surface area contributed by atoms with Gasteiger partial charge in [-0.25, -0.2) is 0 Å². The van der Waals surface area contributed by atoms with Gasteiger partial charge in [0.15, 0.2) is 0 Å². The molecule has 92 valence electrons. The van der Waals surface area contributed by atoms with E-state index in [0.717, 1.165) is 25.7 Å². The van der Waals surface area contributed by atoms with Gasteiger partial charge in [0.1, 0.15) is 0 Å². The van der Waals surface area contributed by atoms with Gasteiger partial charge in [-0.15, -0.1) is 0 Å². The highest BCUT2D eigenvalue weighted by molar-refractivity contribution is 4.97. The lowest BCUT2D eigenvalue weighted by atomic mass is 9.84. The van der Waals surface area contributed by atoms with Crippen molar-refractivity contribution < 1.29 is 0 Å². The Morgan fingerprint density at radius 2 is 1.00 bits per heavy atom. The number of hydrogen-bond acceptors (Lipinski definition) is 3. The van der Waals surface area contributed by atoms with Crippen LogP contribution in [-0.2, 0) is 0 Å². The van der Waals surface area contributed by atoms with Crippen LogP contribution in [0.1, 0.15) is 53.4 Å². The third kappa shape index (κ3) is 3.44. The van der Waals surface area contributed by atoms with Crippen LogP contribution in [0.5, 0.6) is 0 Å². The maximum atomic E-state index is 5.90. The van der Waals surface area contributed by atoms with Crippen molar-refractivity contribution in [3.8, 4) is 0 Å². The van der Waals surface area contributed by atoms with Crippen molar-refractivity contribution in [2.45, 2.75) is 64.5 Å². The van der Waals surface area contributed by atoms with E-state index in [0.29, 0.717) is 13.1 Å². The smallest absolute Gasteiger partial charge is 0.0304 e. The maximum Gasteiger partial charge on any atom is 0.0304 e. The van der Waals surface area contributed by atoms with Crippen molar-refractivity contribution in [1.29, 1.82) is 0 Å². The van der Waals surface area contributed by atoms with Crippen LogP contribution >= 0.6 is 0 Å². The molecule has 0 amide bonds. The van der Waals surface area contributed by atoms with Crippen molar-refractivity contribution in [3.63, 3.8) is 0 Å². The second kappa shape index (κ2) is 6.46. The minimum atomic E-state index is 0.0609. The van der Waals surface area contributed by atoms with E-state index in [1.165, 1.54) is 0 Å². The van der Waals surface area contributed by atoms with E-state index in [9.17, 15) is 0 Å². The van der Waals surface area contributed by atoms with E-state index in [-0.39, 0.29) is 11.1 Å². The molecule has 0 heterocycles. The standard InChI is InChI=1S/C12H29N3/c1-5-11(6-2,9-13)15-12(7-3,8-4)10-14/h15H,5-10,13-14H2,1-4H3. The van der Waals surface area contributed by atoms with E-state index in [4.69, 9.17) is 11.5 Å². The Balaban J connectivity index is 4.74. The van der Waals surface area contributed by atoms with Gasteiger partial charge in [0.25, 0.3) is 0 Å². The highest BCUT2D eigenvalue weighted by Crippen LogP contribution is 2.22. The highest BCUT2D eigenvalue weighted by atomic mass is 15.1. The van der Waals surface area contributed by atoms with Crippen LogP contribution in [0.3, 0.4) is 0 Å². The lowest BCUT2D eigenvalue weighted by Gasteiger charge is -2.43. The molecule has 0 atom stereocenters. The van der Waals surface area contributed by atoms with E-state index in [1.807, 2.05) is 0 Å². The summed E-state index contributed by atoms with van der Waals surface area (Å²) in [6.45, 7) is 10.1. The molecule has 0 spiro atoms. The van der Waals surface area contributed by atoms with Crippen molar-refractivity contribution >= 4 is 0 Å². The molecule has 0 aliphatic rings. The first-order valence-electron chi connectivity index (χ1n) is 6.27. The molecule has 15 heavy (non-hydrogen) atoms. The molecule has 0 aliphatic heterocycles. The Kier molecular flexibility index (Phi) is 6.41. The van der Waals surface area contributed by atoms with Crippen molar-refractivity contribution in [2.24, 2.45) is 11.5 Å². The summed E-state index contributed by atoms with van der Waals surface area (Å²) in [5, 5.41) is 3.73. The molecular formula is C12H29N3. The van der Waals surface area contributed by atoms with E-state index in [1.54, 1.807) is 0 Å². The zero-order valence-corrected chi connectivity index (χ0v) is 10.9. The molecule has 0 rings (SSSR count). The molecule has 0 aromatic carbocycles. The van der Waals surface area contributed by atoms with Gasteiger partial charge < -0.3 is 16.8 Å². The monoisotopic (exact) mass is 215 g/mol. The van der Waals surface area contributed by atoms with Crippen LogP contribution in [0.2, 0.25) is 0 Å². The Hall–Kier alpha value is -0.120. The second-order valence-electron chi connectivity index (χ2n) is 4.51. The molecular weight excluding hydrogens is 186 g/mol. The zero-order valence-electron chi connectivity index (χ0n) is 10.9. The molecule has 0 saturated heterocycles. The predicted octanol–water partition coefficient (Wildman–Crippen LogP) is 1.61. The minimum Gasteiger partial charge on any atom is -0.329 e. The van der Waals surface area contributed by atoms with E-state index >= 15 is 0 Å². The third-order valence-corrected chi connectivity index (χ3v) is 4.02. The zero-order chi connectivity index (χ0) is 11.9. The fourth-order valence-electron chi connectivity index (χ4n) is 2.10. The second-order valence-corrected chi connectivity index (χ2v) is 4.51. The number of nitrogens with two attached hydrogens (primary N) is 2. The summed E-state index contributed by atoms with van der Waals surface area (Å²) in [6, 6.07) is 0. The summed E-state index contributed by atoms with van der Waals surface area (Å²) in [5.41, 5.74) is 11.9. The van der Waals surface area contributed by atoms with Crippen LogP contribution in [0.4, 0.5) is 0 Å². The third-order valence-electron chi connectivity index (χ3n) is 4.02. The largest absolute Gasteiger partial charge is 0.329 e. The molecule has 0 aromatic heterocycles. The first-order valence-corrected chi connectivity index (χ1v) is 6.27. The average molecular weight is 215 g/mol. The summed E-state index contributed by atoms with van der Waals surface area (Å²) in [5.74, 6) is 0. The van der Waals surface area contributed by atoms with Gasteiger partial charge in [0.05, 0.1) is 0 Å². The number of rotatable bonds is 8. The molecule has 0 aromatic rings. The summed E-state index contributed by atoms with van der Waals surface area (Å²) < 4.78 is 0. The lowest BCUT2D eigenvalue weighted by molar-refractivity contribution is 0.187. The molecule has 0 radical (unpaired) electrons. The number of hydrogen-bond donors (Lipinski definition) is 3. The quantitative estimate of drug-likeness (QED) is 0.576. The summed E-state index contributed by atoms with van der Waals surface area (Å²) in [7, 11) is 0. The first-order chi connectivity index (χ1) is 7.07. The van der Waals surface area contributed by atoms with E-state index in [2.05, 4.69) is 33.0 Å². The Morgan fingerprint density at radius 1 is 0.733 bits per heavy atom. The van der Waals surface area contributed by atoms with Crippen LogP contribution in [0.25, 0.3) is 0 Å². The summed E-state index contributed by atoms with van der Waals surface area (Å²) in [6.07, 6.45) is 4.23. The van der Waals surface area contributed by atoms with Gasteiger partial charge in [0, 0.05) is 24.2 Å². The van der Waals surface area contributed by atoms with Crippen molar-refractivity contribution in [3.05, 3.63) is 0 Å². The summed E-state index contributed by atoms with van der Waals surface area (Å²) >= 11 is 0. The van der Waals surface area contributed by atoms with Crippen LogP contribution in [0.15, 0.2) is 0 Å². The number of nitrogens with one attached hydrogen (secondary N) is 1. The predicted molar refractivity (Wildman–Crippen MR) is 67.9 cm³/mol. The van der Waals surface area contributed by atoms with Gasteiger partial charge in [0.2, 0.25) is 0 Å². The summed E-state index contributed by atoms with van der Waals surface area (Å²) in [4.78, 5) is 0. The van der Waals surface area contributed by atoms with Crippen molar-refractivity contribution in [1.82, 2.24) is 5.32 Å². The maximum absolute atomic E-state index is 5.90. The molecule has 3 heteroatoms. The first kappa shape index (κ1) is 14.9. The fraction of sp³-hybridized carbons (Fsp3) is 1.00. The molecule has 0 saturated carbocycles. The van der Waals surface area contributed by atoms with Crippen molar-refractivity contribution in [2.75, 3.05) is 13.1 Å². The van der Waals surface area contributed by atoms with Crippen LogP contribution in [0, 0.1) is 0 Å². The average Bonchev–Trinajstić information content (AvgIpc) is 2.33. The molecule has 0 unspecified atom stereocenters. The fourth-order valence-corrected chi connectivity index (χ4v) is 2.10. The SMILES string of the molecule is CCC(CC)(CN)NC(CC)(CC)CN. The van der Waals surface area contributed by atoms with Gasteiger partial charge in [-0.3, -0.25) is 0 Å². The van der Waals surface area contributed by atoms with Gasteiger partial charge in [-0.05, 0) is 25.7 Å². The Bertz CT molecular complexity index is 126. The Labute approximate surface area is 95.0 Å². The molecule has 0 bridgehead atoms. The minimum absolute atomic E-state index is 0.0609. The molecule has 0 fully saturated rings. The van der Waals surface area contributed by atoms with Gasteiger partial charge >= 0.3 is 0 Å². The van der Waals surface area contributed by atoms with Gasteiger partial charge in [-0.2, -0.15) is 0 Å². The lowest BCUT2D eigenvalue weighted by Crippen LogP contribution is -2.63. The molecule has 0 aliphatic carbocycles. The molecule has 3 nitrogen and oxygen atoms in total. The van der Waals surface area contributed by atoms with E-state index < -0.39 is 0 Å². The normalized spacial score (nSPS) is 13.2. The van der Waals surface area contributed by atoms with Crippen LogP contribution in [-0.4, -0.2) is 24.2 Å². The van der Waals surface area contributed by atoms with Gasteiger partial charge in [-0.1, -0.05) is 27.7 Å². The molecule has 5 N–H and O–H groups in total. The van der Waals surface area contributed by atoms with Crippen LogP contribution < -0.4 is 16.8 Å². The topological polar surface area (TPSA) is 64.1 Å². The Morgan fingerprint density at radius 3 is 1.13 bits per heavy atom. The highest BCUT2D eigenvalue weighted by Gasteiger charge is 2.34.